The molecule has 0 aromatic rings. The maximum absolute atomic E-state index is 13.9. The van der Waals surface area contributed by atoms with Crippen molar-refractivity contribution >= 4 is 23.3 Å². The van der Waals surface area contributed by atoms with Crippen molar-refractivity contribution in [1.29, 1.82) is 5.41 Å². The van der Waals surface area contributed by atoms with E-state index in [2.05, 4.69) is 36.1 Å². The van der Waals surface area contributed by atoms with Crippen molar-refractivity contribution in [3.8, 4) is 0 Å². The van der Waals surface area contributed by atoms with Crippen molar-refractivity contribution in [2.24, 2.45) is 17.6 Å². The summed E-state index contributed by atoms with van der Waals surface area (Å²) < 4.78 is 13.9. The molecular weight excluding hydrogens is 511 g/mol. The zero-order valence-electron chi connectivity index (χ0n) is 22.1. The van der Waals surface area contributed by atoms with Crippen molar-refractivity contribution in [3.05, 3.63) is 0 Å². The summed E-state index contributed by atoms with van der Waals surface area (Å²) in [4.78, 5) is 20.8. The number of likely N-dealkylation sites (tertiary alicyclic amines) is 1. The van der Waals surface area contributed by atoms with Crippen LogP contribution < -0.4 is 27.1 Å². The number of nitrogens with two attached hydrogens (primary N) is 1. The number of alkyl halides is 2. The van der Waals surface area contributed by atoms with Gasteiger partial charge in [0.15, 0.2) is 0 Å². The van der Waals surface area contributed by atoms with E-state index in [1.165, 1.54) is 25.9 Å². The largest absolute Gasteiger partial charge is 0.356 e. The third-order valence-electron chi connectivity index (χ3n) is 9.74. The molecule has 2 bridgehead atoms. The molecular formula is C25H44ClFN10O. The number of amides is 1. The average Bonchev–Trinajstić information content (AvgIpc) is 3.03. The van der Waals surface area contributed by atoms with E-state index < -0.39 is 18.3 Å². The molecule has 7 unspecified atom stereocenters. The highest BCUT2D eigenvalue weighted by atomic mass is 35.5. The Kier molecular flexibility index (Phi) is 8.12. The topological polar surface area (TPSA) is 128 Å². The van der Waals surface area contributed by atoms with Gasteiger partial charge in [0.25, 0.3) is 0 Å². The molecule has 0 aromatic heterocycles. The van der Waals surface area contributed by atoms with Gasteiger partial charge >= 0.3 is 0 Å². The molecule has 7 rings (SSSR count). The summed E-state index contributed by atoms with van der Waals surface area (Å²) in [7, 11) is 0. The molecule has 38 heavy (non-hydrogen) atoms. The maximum Gasteiger partial charge on any atom is 0.229 e. The Labute approximate surface area is 229 Å². The van der Waals surface area contributed by atoms with Gasteiger partial charge in [-0.1, -0.05) is 0 Å². The highest BCUT2D eigenvalue weighted by Gasteiger charge is 2.48. The summed E-state index contributed by atoms with van der Waals surface area (Å²) in [6.07, 6.45) is 2.35. The summed E-state index contributed by atoms with van der Waals surface area (Å²) in [6, 6.07) is 0.385. The fourth-order valence-corrected chi connectivity index (χ4v) is 8.10. The van der Waals surface area contributed by atoms with Crippen molar-refractivity contribution in [2.45, 2.75) is 67.7 Å². The predicted molar refractivity (Wildman–Crippen MR) is 144 cm³/mol. The monoisotopic (exact) mass is 554 g/mol. The van der Waals surface area contributed by atoms with Crippen LogP contribution in [0.15, 0.2) is 0 Å². The SMILES string of the molecule is N=C(C1CCN(C2C(Cl)CNCC2NC(=O)C2C(N)NN3CC(F)CNC23)CC1)N1CCN2CCC1CC2. The lowest BCUT2D eigenvalue weighted by molar-refractivity contribution is -0.128. The van der Waals surface area contributed by atoms with Gasteiger partial charge in [0.1, 0.15) is 6.17 Å². The summed E-state index contributed by atoms with van der Waals surface area (Å²) in [5.74, 6) is 0.462. The van der Waals surface area contributed by atoms with E-state index in [1.807, 2.05) is 0 Å². The third-order valence-corrected chi connectivity index (χ3v) is 10.2. The Balaban J connectivity index is 1.07. The fraction of sp³-hybridized carbons (Fsp3) is 0.920. The zero-order chi connectivity index (χ0) is 26.4. The fourth-order valence-electron chi connectivity index (χ4n) is 7.66. The van der Waals surface area contributed by atoms with Crippen LogP contribution in [0.4, 0.5) is 4.39 Å². The molecule has 13 heteroatoms. The molecule has 0 saturated carbocycles. The van der Waals surface area contributed by atoms with Gasteiger partial charge in [-0.05, 0) is 38.8 Å². The van der Waals surface area contributed by atoms with Crippen LogP contribution >= 0.6 is 11.6 Å². The molecule has 7 saturated heterocycles. The molecule has 0 aromatic carbocycles. The van der Waals surface area contributed by atoms with Crippen LogP contribution in [0, 0.1) is 17.2 Å². The lowest BCUT2D eigenvalue weighted by Crippen LogP contribution is -2.67. The number of nitrogens with zero attached hydrogens (tertiary/aromatic N) is 4. The van der Waals surface area contributed by atoms with E-state index in [0.717, 1.165) is 44.9 Å². The second kappa shape index (κ2) is 11.4. The second-order valence-corrected chi connectivity index (χ2v) is 12.6. The first-order valence-corrected chi connectivity index (χ1v) is 14.9. The summed E-state index contributed by atoms with van der Waals surface area (Å²) in [5, 5.41) is 20.4. The number of hydrogen-bond acceptors (Lipinski definition) is 9. The van der Waals surface area contributed by atoms with Crippen LogP contribution in [-0.4, -0.2) is 139 Å². The van der Waals surface area contributed by atoms with E-state index in [9.17, 15) is 9.18 Å². The summed E-state index contributed by atoms with van der Waals surface area (Å²) in [5.41, 5.74) is 9.34. The Morgan fingerprint density at radius 1 is 1.03 bits per heavy atom. The number of hydrogen-bond donors (Lipinski definition) is 6. The normalized spacial score (nSPS) is 43.0. The molecule has 0 aliphatic carbocycles. The Hall–Kier alpha value is -1.12. The van der Waals surface area contributed by atoms with Gasteiger partial charge in [-0.25, -0.2) is 14.8 Å². The number of hydrazine groups is 1. The number of fused-ring (bicyclic) bond motifs is 5. The molecule has 1 amide bonds. The molecule has 7 aliphatic rings. The first-order chi connectivity index (χ1) is 18.4. The number of carbonyl (C=O) groups excluding carboxylic acids is 1. The van der Waals surface area contributed by atoms with Crippen LogP contribution in [0.5, 0.6) is 0 Å². The van der Waals surface area contributed by atoms with Crippen molar-refractivity contribution in [1.82, 2.24) is 41.1 Å². The minimum Gasteiger partial charge on any atom is -0.356 e. The molecule has 7 heterocycles. The van der Waals surface area contributed by atoms with Gasteiger partial charge in [-0.15, -0.1) is 11.6 Å². The van der Waals surface area contributed by atoms with Crippen LogP contribution in [0.2, 0.25) is 0 Å². The minimum absolute atomic E-state index is 0.00908. The predicted octanol–water partition coefficient (Wildman–Crippen LogP) is -1.49. The first kappa shape index (κ1) is 27.1. The molecule has 7 fully saturated rings. The number of nitrogens with one attached hydrogen (secondary N) is 5. The smallest absolute Gasteiger partial charge is 0.229 e. The highest BCUT2D eigenvalue weighted by Crippen LogP contribution is 2.30. The number of halogens is 2. The molecule has 0 spiro atoms. The van der Waals surface area contributed by atoms with Crippen molar-refractivity contribution < 1.29 is 9.18 Å². The lowest BCUT2D eigenvalue weighted by Gasteiger charge is -2.47. The van der Waals surface area contributed by atoms with Crippen LogP contribution in [-0.2, 0) is 4.79 Å². The number of carbonyl (C=O) groups is 1. The van der Waals surface area contributed by atoms with Crippen LogP contribution in [0.25, 0.3) is 0 Å². The summed E-state index contributed by atoms with van der Waals surface area (Å²) >= 11 is 6.88. The number of amidine groups is 1. The van der Waals surface area contributed by atoms with E-state index in [0.29, 0.717) is 19.1 Å². The molecule has 11 nitrogen and oxygen atoms in total. The molecule has 7 aliphatic heterocycles. The van der Waals surface area contributed by atoms with Crippen molar-refractivity contribution in [3.63, 3.8) is 0 Å². The Morgan fingerprint density at radius 3 is 2.55 bits per heavy atom. The quantitative estimate of drug-likeness (QED) is 0.140. The average molecular weight is 555 g/mol. The van der Waals surface area contributed by atoms with Crippen molar-refractivity contribution in [2.75, 3.05) is 65.4 Å². The van der Waals surface area contributed by atoms with Gasteiger partial charge < -0.3 is 26.2 Å². The zero-order valence-corrected chi connectivity index (χ0v) is 22.9. The Morgan fingerprint density at radius 2 is 1.79 bits per heavy atom. The maximum atomic E-state index is 13.9. The van der Waals surface area contributed by atoms with Crippen LogP contribution in [0.1, 0.15) is 25.7 Å². The standard InChI is InChI=1S/C25H44ClFN10O/c26-18-12-30-13-19(32-25(38)20-22(28)33-37-14-16(27)11-31-24(20)37)21(18)35-7-1-15(2-8-35)23(29)36-10-9-34-5-3-17(36)4-6-34/h15-22,24,29-31,33H,1-14,28H2,(H,32,38). The summed E-state index contributed by atoms with van der Waals surface area (Å²) in [6.45, 7) is 7.91. The van der Waals surface area contributed by atoms with E-state index in [1.54, 1.807) is 5.01 Å². The number of rotatable bonds is 4. The first-order valence-electron chi connectivity index (χ1n) is 14.5. The second-order valence-electron chi connectivity index (χ2n) is 12.0. The molecule has 214 valence electrons. The Bertz CT molecular complexity index is 869. The third kappa shape index (κ3) is 5.30. The van der Waals surface area contributed by atoms with E-state index >= 15 is 0 Å². The van der Waals surface area contributed by atoms with Gasteiger partial charge in [-0.3, -0.25) is 20.4 Å². The van der Waals surface area contributed by atoms with Crippen LogP contribution in [0.3, 0.4) is 0 Å². The lowest BCUT2D eigenvalue weighted by atomic mass is 9.89. The van der Waals surface area contributed by atoms with Gasteiger partial charge in [0, 0.05) is 70.4 Å². The van der Waals surface area contributed by atoms with Gasteiger partial charge in [0.05, 0.1) is 35.5 Å². The molecule has 7 N–H and O–H groups in total. The van der Waals surface area contributed by atoms with E-state index in [-0.39, 0.29) is 48.5 Å². The minimum atomic E-state index is -0.992. The van der Waals surface area contributed by atoms with Gasteiger partial charge in [0.2, 0.25) is 5.91 Å². The van der Waals surface area contributed by atoms with E-state index in [4.69, 9.17) is 22.7 Å². The van der Waals surface area contributed by atoms with Gasteiger partial charge in [-0.2, -0.15) is 0 Å². The molecule has 7 atom stereocenters. The highest BCUT2D eigenvalue weighted by molar-refractivity contribution is 6.21. The number of piperidine rings is 3. The molecule has 0 radical (unpaired) electrons.